The molecule has 0 aliphatic heterocycles. The maximum Gasteiger partial charge on any atom is 0.315 e. The van der Waals surface area contributed by atoms with Crippen LogP contribution in [0.1, 0.15) is 19.5 Å². The molecule has 0 bridgehead atoms. The predicted octanol–water partition coefficient (Wildman–Crippen LogP) is 3.97. The molecule has 0 radical (unpaired) electrons. The Morgan fingerprint density at radius 1 is 1.45 bits per heavy atom. The van der Waals surface area contributed by atoms with Gasteiger partial charge in [-0.2, -0.15) is 0 Å². The Morgan fingerprint density at radius 2 is 2.20 bits per heavy atom. The summed E-state index contributed by atoms with van der Waals surface area (Å²) < 4.78 is 0. The zero-order chi connectivity index (χ0) is 14.8. The number of anilines is 2. The van der Waals surface area contributed by atoms with Crippen molar-refractivity contribution in [2.45, 2.75) is 24.2 Å². The summed E-state index contributed by atoms with van der Waals surface area (Å²) in [7, 11) is 0. The van der Waals surface area contributed by atoms with E-state index < -0.39 is 11.4 Å². The fourth-order valence-corrected chi connectivity index (χ4v) is 2.91. The van der Waals surface area contributed by atoms with Crippen LogP contribution in [0, 0.1) is 0 Å². The third-order valence-electron chi connectivity index (χ3n) is 3.00. The maximum atomic E-state index is 11.2. The second-order valence-corrected chi connectivity index (χ2v) is 6.56. The maximum absolute atomic E-state index is 11.2. The number of carboxylic acid groups (broad SMARTS) is 1. The predicted molar refractivity (Wildman–Crippen MR) is 84.3 cm³/mol. The summed E-state index contributed by atoms with van der Waals surface area (Å²) in [5.41, 5.74) is 0.543. The zero-order valence-electron chi connectivity index (χ0n) is 11.5. The van der Waals surface area contributed by atoms with E-state index >= 15 is 0 Å². The molecule has 0 spiro atoms. The summed E-state index contributed by atoms with van der Waals surface area (Å²) >= 11 is 3.08. The highest BCUT2D eigenvalue weighted by Gasteiger charge is 2.32. The minimum Gasteiger partial charge on any atom is -0.481 e. The van der Waals surface area contributed by atoms with Gasteiger partial charge in [-0.25, -0.2) is 4.98 Å². The van der Waals surface area contributed by atoms with Crippen LogP contribution in [-0.4, -0.2) is 22.3 Å². The molecule has 1 heterocycles. The summed E-state index contributed by atoms with van der Waals surface area (Å²) in [6, 6.07) is 8.01. The minimum absolute atomic E-state index is 0.568. The van der Waals surface area contributed by atoms with Crippen molar-refractivity contribution in [2.75, 3.05) is 11.6 Å². The average Bonchev–Trinajstić information content (AvgIpc) is 2.88. The van der Waals surface area contributed by atoms with Crippen molar-refractivity contribution in [1.82, 2.24) is 4.98 Å². The van der Waals surface area contributed by atoms with Crippen molar-refractivity contribution in [1.29, 1.82) is 0 Å². The number of aromatic nitrogens is 1. The summed E-state index contributed by atoms with van der Waals surface area (Å²) in [6.45, 7) is 3.31. The monoisotopic (exact) mass is 308 g/mol. The van der Waals surface area contributed by atoms with Crippen LogP contribution in [0.4, 0.5) is 10.8 Å². The minimum atomic E-state index is -0.975. The van der Waals surface area contributed by atoms with Gasteiger partial charge < -0.3 is 10.4 Å². The molecule has 0 aliphatic rings. The molecule has 1 aromatic heterocycles. The van der Waals surface area contributed by atoms with Gasteiger partial charge in [0.2, 0.25) is 0 Å². The standard InChI is InChI=1S/C14H16N2O2S2/c1-14(2,12(17)18)11-8-20-13(16-11)15-9-5-4-6-10(7-9)19-3/h4-8H,1-3H3,(H,15,16)(H,17,18). The van der Waals surface area contributed by atoms with Crippen LogP contribution in [-0.2, 0) is 10.2 Å². The van der Waals surface area contributed by atoms with Crippen LogP contribution in [0.5, 0.6) is 0 Å². The molecular formula is C14H16N2O2S2. The molecule has 0 amide bonds. The smallest absolute Gasteiger partial charge is 0.315 e. The Hall–Kier alpha value is -1.53. The highest BCUT2D eigenvalue weighted by Crippen LogP contribution is 2.29. The van der Waals surface area contributed by atoms with Crippen LogP contribution >= 0.6 is 23.1 Å². The molecule has 0 atom stereocenters. The van der Waals surface area contributed by atoms with Gasteiger partial charge in [-0.15, -0.1) is 23.1 Å². The number of nitrogens with one attached hydrogen (secondary N) is 1. The van der Waals surface area contributed by atoms with Gasteiger partial charge >= 0.3 is 5.97 Å². The van der Waals surface area contributed by atoms with E-state index in [0.717, 1.165) is 10.6 Å². The van der Waals surface area contributed by atoms with Gasteiger partial charge in [-0.3, -0.25) is 4.79 Å². The molecule has 0 fully saturated rings. The Bertz CT molecular complexity index is 623. The normalized spacial score (nSPS) is 11.3. The van der Waals surface area contributed by atoms with Crippen molar-refractivity contribution in [3.8, 4) is 0 Å². The fourth-order valence-electron chi connectivity index (χ4n) is 1.55. The Labute approximate surface area is 126 Å². The van der Waals surface area contributed by atoms with Crippen LogP contribution in [0.3, 0.4) is 0 Å². The molecule has 2 rings (SSSR count). The number of aliphatic carboxylic acids is 1. The van der Waals surface area contributed by atoms with Gasteiger partial charge in [0.1, 0.15) is 5.41 Å². The first-order chi connectivity index (χ1) is 9.43. The van der Waals surface area contributed by atoms with E-state index in [9.17, 15) is 9.90 Å². The molecule has 2 aromatic rings. The number of benzene rings is 1. The van der Waals surface area contributed by atoms with Crippen molar-refractivity contribution >= 4 is 39.9 Å². The number of thioether (sulfide) groups is 1. The number of hydrogen-bond donors (Lipinski definition) is 2. The lowest BCUT2D eigenvalue weighted by Gasteiger charge is -2.15. The number of carboxylic acids is 1. The van der Waals surface area contributed by atoms with Crippen molar-refractivity contribution < 1.29 is 9.90 Å². The number of thiazole rings is 1. The molecule has 0 aliphatic carbocycles. The van der Waals surface area contributed by atoms with E-state index in [1.807, 2.05) is 30.5 Å². The van der Waals surface area contributed by atoms with E-state index in [4.69, 9.17) is 0 Å². The first-order valence-electron chi connectivity index (χ1n) is 6.04. The summed E-state index contributed by atoms with van der Waals surface area (Å²) in [5, 5.41) is 14.9. The second kappa shape index (κ2) is 5.85. The van der Waals surface area contributed by atoms with Crippen LogP contribution in [0.15, 0.2) is 34.5 Å². The number of hydrogen-bond acceptors (Lipinski definition) is 5. The molecule has 6 heteroatoms. The first kappa shape index (κ1) is 14.9. The lowest BCUT2D eigenvalue weighted by Crippen LogP contribution is -2.28. The highest BCUT2D eigenvalue weighted by atomic mass is 32.2. The Kier molecular flexibility index (Phi) is 4.35. The summed E-state index contributed by atoms with van der Waals surface area (Å²) in [5.74, 6) is -0.876. The average molecular weight is 308 g/mol. The van der Waals surface area contributed by atoms with Gasteiger partial charge in [0.25, 0.3) is 0 Å². The molecule has 106 valence electrons. The molecule has 1 aromatic carbocycles. The third-order valence-corrected chi connectivity index (χ3v) is 4.48. The van der Waals surface area contributed by atoms with E-state index in [1.165, 1.54) is 11.3 Å². The molecular weight excluding hydrogens is 292 g/mol. The first-order valence-corrected chi connectivity index (χ1v) is 8.14. The van der Waals surface area contributed by atoms with E-state index in [-0.39, 0.29) is 0 Å². The molecule has 0 saturated heterocycles. The lowest BCUT2D eigenvalue weighted by molar-refractivity contribution is -0.142. The molecule has 0 saturated carbocycles. The van der Waals surface area contributed by atoms with Crippen LogP contribution < -0.4 is 5.32 Å². The molecule has 4 nitrogen and oxygen atoms in total. The van der Waals surface area contributed by atoms with E-state index in [0.29, 0.717) is 10.8 Å². The third kappa shape index (κ3) is 3.13. The van der Waals surface area contributed by atoms with Crippen molar-refractivity contribution in [2.24, 2.45) is 0 Å². The SMILES string of the molecule is CSc1cccc(Nc2nc(C(C)(C)C(=O)O)cs2)c1. The quantitative estimate of drug-likeness (QED) is 0.818. The van der Waals surface area contributed by atoms with Gasteiger partial charge in [-0.05, 0) is 38.3 Å². The van der Waals surface area contributed by atoms with Gasteiger partial charge in [0.05, 0.1) is 5.69 Å². The fraction of sp³-hybridized carbons (Fsp3) is 0.286. The summed E-state index contributed by atoms with van der Waals surface area (Å²) in [6.07, 6.45) is 2.02. The number of nitrogens with zero attached hydrogens (tertiary/aromatic N) is 1. The van der Waals surface area contributed by atoms with Gasteiger partial charge in [0, 0.05) is 16.0 Å². The number of rotatable bonds is 5. The highest BCUT2D eigenvalue weighted by molar-refractivity contribution is 7.98. The van der Waals surface area contributed by atoms with Gasteiger partial charge in [-0.1, -0.05) is 6.07 Å². The molecule has 20 heavy (non-hydrogen) atoms. The summed E-state index contributed by atoms with van der Waals surface area (Å²) in [4.78, 5) is 16.8. The Morgan fingerprint density at radius 3 is 2.85 bits per heavy atom. The molecule has 2 N–H and O–H groups in total. The topological polar surface area (TPSA) is 62.2 Å². The van der Waals surface area contributed by atoms with E-state index in [2.05, 4.69) is 10.3 Å². The largest absolute Gasteiger partial charge is 0.481 e. The van der Waals surface area contributed by atoms with E-state index in [1.54, 1.807) is 31.0 Å². The second-order valence-electron chi connectivity index (χ2n) is 4.83. The Balaban J connectivity index is 2.19. The van der Waals surface area contributed by atoms with Crippen molar-refractivity contribution in [3.05, 3.63) is 35.3 Å². The van der Waals surface area contributed by atoms with Crippen molar-refractivity contribution in [3.63, 3.8) is 0 Å². The molecule has 0 unspecified atom stereocenters. The zero-order valence-corrected chi connectivity index (χ0v) is 13.1. The van der Waals surface area contributed by atoms with Crippen LogP contribution in [0.25, 0.3) is 0 Å². The van der Waals surface area contributed by atoms with Crippen LogP contribution in [0.2, 0.25) is 0 Å². The number of carbonyl (C=O) groups is 1. The van der Waals surface area contributed by atoms with Gasteiger partial charge in [0.15, 0.2) is 5.13 Å². The lowest BCUT2D eigenvalue weighted by atomic mass is 9.90.